The third-order valence-corrected chi connectivity index (χ3v) is 8.34. The van der Waals surface area contributed by atoms with Crippen molar-refractivity contribution in [2.24, 2.45) is 0 Å². The van der Waals surface area contributed by atoms with E-state index in [1.807, 2.05) is 24.3 Å². The molecule has 1 heterocycles. The standard InChI is InChI=1S/C24H27ClN2O4S/c1-24(23(29)26-32(30,31)21-13-11-20(25)12-14-21)15-16-27(24)22(28)19-9-7-18(8-10-19)17-5-3-2-4-6-17/h7-14,17H,2-6,15-16H2,1H3,(H,26,29). The second kappa shape index (κ2) is 8.87. The van der Waals surface area contributed by atoms with E-state index in [1.165, 1.54) is 66.8 Å². The Morgan fingerprint density at radius 1 is 1.00 bits per heavy atom. The third-order valence-electron chi connectivity index (χ3n) is 6.74. The number of benzene rings is 2. The number of likely N-dealkylation sites (tertiary alicyclic amines) is 1. The molecule has 0 spiro atoms. The number of amides is 2. The van der Waals surface area contributed by atoms with Crippen molar-refractivity contribution in [1.29, 1.82) is 0 Å². The van der Waals surface area contributed by atoms with Crippen molar-refractivity contribution < 1.29 is 18.0 Å². The van der Waals surface area contributed by atoms with Gasteiger partial charge >= 0.3 is 0 Å². The van der Waals surface area contributed by atoms with E-state index in [0.717, 1.165) is 0 Å². The highest BCUT2D eigenvalue weighted by Crippen LogP contribution is 2.35. The fraction of sp³-hybridized carbons (Fsp3) is 0.417. The van der Waals surface area contributed by atoms with Gasteiger partial charge in [0.05, 0.1) is 4.90 Å². The second-order valence-electron chi connectivity index (χ2n) is 8.83. The second-order valence-corrected chi connectivity index (χ2v) is 10.9. The summed E-state index contributed by atoms with van der Waals surface area (Å²) in [6.07, 6.45) is 6.52. The smallest absolute Gasteiger partial charge is 0.264 e. The van der Waals surface area contributed by atoms with Gasteiger partial charge in [0.15, 0.2) is 0 Å². The first-order valence-electron chi connectivity index (χ1n) is 11.0. The largest absolute Gasteiger partial charge is 0.324 e. The molecule has 1 saturated carbocycles. The maximum atomic E-state index is 13.1. The van der Waals surface area contributed by atoms with Crippen LogP contribution < -0.4 is 4.72 Å². The van der Waals surface area contributed by atoms with E-state index in [2.05, 4.69) is 4.72 Å². The molecule has 1 unspecified atom stereocenters. The summed E-state index contributed by atoms with van der Waals surface area (Å²) < 4.78 is 27.3. The van der Waals surface area contributed by atoms with E-state index in [4.69, 9.17) is 11.6 Å². The van der Waals surface area contributed by atoms with Crippen LogP contribution in [0.3, 0.4) is 0 Å². The fourth-order valence-corrected chi connectivity index (χ4v) is 5.72. The van der Waals surface area contributed by atoms with Gasteiger partial charge in [-0.1, -0.05) is 43.0 Å². The van der Waals surface area contributed by atoms with Crippen molar-refractivity contribution >= 4 is 33.4 Å². The van der Waals surface area contributed by atoms with Crippen LogP contribution in [-0.2, 0) is 14.8 Å². The molecular weight excluding hydrogens is 448 g/mol. The molecule has 1 aliphatic carbocycles. The molecule has 2 amide bonds. The van der Waals surface area contributed by atoms with Gasteiger partial charge in [-0.3, -0.25) is 9.59 Å². The van der Waals surface area contributed by atoms with Crippen LogP contribution in [-0.4, -0.2) is 37.2 Å². The summed E-state index contributed by atoms with van der Waals surface area (Å²) in [4.78, 5) is 27.4. The molecule has 2 aromatic carbocycles. The Balaban J connectivity index is 1.46. The summed E-state index contributed by atoms with van der Waals surface area (Å²) in [7, 11) is -4.06. The van der Waals surface area contributed by atoms with Gasteiger partial charge in [-0.2, -0.15) is 0 Å². The predicted molar refractivity (Wildman–Crippen MR) is 123 cm³/mol. The van der Waals surface area contributed by atoms with Gasteiger partial charge < -0.3 is 4.90 Å². The topological polar surface area (TPSA) is 83.6 Å². The molecule has 0 radical (unpaired) electrons. The Morgan fingerprint density at radius 3 is 2.19 bits per heavy atom. The number of rotatable bonds is 5. The van der Waals surface area contributed by atoms with E-state index < -0.39 is 21.5 Å². The highest BCUT2D eigenvalue weighted by atomic mass is 35.5. The van der Waals surface area contributed by atoms with Crippen LogP contribution in [0, 0.1) is 0 Å². The highest BCUT2D eigenvalue weighted by Gasteiger charge is 2.50. The summed E-state index contributed by atoms with van der Waals surface area (Å²) in [5.41, 5.74) is 0.529. The molecular formula is C24H27ClN2O4S. The summed E-state index contributed by atoms with van der Waals surface area (Å²) in [5, 5.41) is 0.396. The van der Waals surface area contributed by atoms with Gasteiger partial charge in [-0.05, 0) is 74.1 Å². The first-order chi connectivity index (χ1) is 15.2. The SMILES string of the molecule is CC1(C(=O)NS(=O)(=O)c2ccc(Cl)cc2)CCN1C(=O)c1ccc(C2CCCCC2)cc1. The van der Waals surface area contributed by atoms with E-state index >= 15 is 0 Å². The van der Waals surface area contributed by atoms with Gasteiger partial charge in [0.1, 0.15) is 5.54 Å². The number of sulfonamides is 1. The average molecular weight is 475 g/mol. The molecule has 2 aliphatic rings. The summed E-state index contributed by atoms with van der Waals surface area (Å²) >= 11 is 5.81. The zero-order valence-corrected chi connectivity index (χ0v) is 19.6. The lowest BCUT2D eigenvalue weighted by atomic mass is 9.83. The van der Waals surface area contributed by atoms with Crippen molar-refractivity contribution in [3.63, 3.8) is 0 Å². The van der Waals surface area contributed by atoms with Gasteiger partial charge in [0.25, 0.3) is 21.8 Å². The van der Waals surface area contributed by atoms with Crippen molar-refractivity contribution in [2.75, 3.05) is 6.54 Å². The lowest BCUT2D eigenvalue weighted by Gasteiger charge is -2.48. The van der Waals surface area contributed by atoms with Crippen molar-refractivity contribution in [2.45, 2.75) is 61.8 Å². The number of carbonyl (C=O) groups excluding carboxylic acids is 2. The Hall–Kier alpha value is -2.38. The molecule has 0 bridgehead atoms. The van der Waals surface area contributed by atoms with Crippen molar-refractivity contribution in [3.8, 4) is 0 Å². The number of nitrogens with one attached hydrogen (secondary N) is 1. The number of halogens is 1. The number of hydrogen-bond acceptors (Lipinski definition) is 4. The summed E-state index contributed by atoms with van der Waals surface area (Å²) in [5.74, 6) is -0.440. The maximum absolute atomic E-state index is 13.1. The minimum atomic E-state index is -4.06. The molecule has 8 heteroatoms. The third kappa shape index (κ3) is 4.41. The minimum Gasteiger partial charge on any atom is -0.324 e. The van der Waals surface area contributed by atoms with Crippen LogP contribution in [0.2, 0.25) is 5.02 Å². The highest BCUT2D eigenvalue weighted by molar-refractivity contribution is 7.90. The van der Waals surface area contributed by atoms with Crippen molar-refractivity contribution in [1.82, 2.24) is 9.62 Å². The van der Waals surface area contributed by atoms with Gasteiger partial charge in [0.2, 0.25) is 0 Å². The molecule has 2 aromatic rings. The molecule has 1 atom stereocenters. The number of carbonyl (C=O) groups is 2. The normalized spacial score (nSPS) is 21.6. The Kier molecular flexibility index (Phi) is 6.32. The van der Waals surface area contributed by atoms with E-state index in [9.17, 15) is 18.0 Å². The fourth-order valence-electron chi connectivity index (χ4n) is 4.52. The lowest BCUT2D eigenvalue weighted by Crippen LogP contribution is -2.67. The molecule has 1 saturated heterocycles. The van der Waals surface area contributed by atoms with E-state index in [0.29, 0.717) is 29.5 Å². The van der Waals surface area contributed by atoms with Crippen LogP contribution >= 0.6 is 11.6 Å². The van der Waals surface area contributed by atoms with Crippen LogP contribution in [0.1, 0.15) is 67.3 Å². The van der Waals surface area contributed by atoms with Crippen molar-refractivity contribution in [3.05, 3.63) is 64.7 Å². The molecule has 2 fully saturated rings. The Labute approximate surface area is 194 Å². The van der Waals surface area contributed by atoms with Crippen LogP contribution in [0.15, 0.2) is 53.4 Å². The van der Waals surface area contributed by atoms with Gasteiger partial charge in [0, 0.05) is 17.1 Å². The molecule has 0 aromatic heterocycles. The lowest BCUT2D eigenvalue weighted by molar-refractivity contribution is -0.135. The molecule has 4 rings (SSSR count). The van der Waals surface area contributed by atoms with Crippen LogP contribution in [0.5, 0.6) is 0 Å². The monoisotopic (exact) mass is 474 g/mol. The van der Waals surface area contributed by atoms with E-state index in [1.54, 1.807) is 6.92 Å². The number of hydrogen-bond donors (Lipinski definition) is 1. The zero-order valence-electron chi connectivity index (χ0n) is 18.0. The average Bonchev–Trinajstić information content (AvgIpc) is 2.78. The first-order valence-corrected chi connectivity index (χ1v) is 12.8. The quantitative estimate of drug-likeness (QED) is 0.691. The maximum Gasteiger partial charge on any atom is 0.264 e. The molecule has 1 aliphatic heterocycles. The Morgan fingerprint density at radius 2 is 1.62 bits per heavy atom. The van der Waals surface area contributed by atoms with Gasteiger partial charge in [-0.25, -0.2) is 13.1 Å². The van der Waals surface area contributed by atoms with Crippen LogP contribution in [0.25, 0.3) is 0 Å². The van der Waals surface area contributed by atoms with Crippen LogP contribution in [0.4, 0.5) is 0 Å². The Bertz CT molecular complexity index is 1110. The zero-order chi connectivity index (χ0) is 22.9. The molecule has 1 N–H and O–H groups in total. The molecule has 170 valence electrons. The van der Waals surface area contributed by atoms with E-state index in [-0.39, 0.29) is 10.8 Å². The molecule has 6 nitrogen and oxygen atoms in total. The molecule has 32 heavy (non-hydrogen) atoms. The predicted octanol–water partition coefficient (Wildman–Crippen LogP) is 4.50. The first kappa shape index (κ1) is 22.8. The number of nitrogens with zero attached hydrogens (tertiary/aromatic N) is 1. The van der Waals surface area contributed by atoms with Gasteiger partial charge in [-0.15, -0.1) is 0 Å². The minimum absolute atomic E-state index is 0.0608. The summed E-state index contributed by atoms with van der Waals surface area (Å²) in [6, 6.07) is 13.2. The summed E-state index contributed by atoms with van der Waals surface area (Å²) in [6.45, 7) is 1.99.